The summed E-state index contributed by atoms with van der Waals surface area (Å²) in [5, 5.41) is 4.67. The number of rotatable bonds is 4. The van der Waals surface area contributed by atoms with E-state index in [4.69, 9.17) is 4.74 Å². The second-order valence-corrected chi connectivity index (χ2v) is 7.54. The summed E-state index contributed by atoms with van der Waals surface area (Å²) in [6.45, 7) is 10.7. The highest BCUT2D eigenvalue weighted by Gasteiger charge is 2.44. The van der Waals surface area contributed by atoms with Gasteiger partial charge in [-0.05, 0) is 6.42 Å². The molecule has 1 unspecified atom stereocenters. The van der Waals surface area contributed by atoms with Crippen LogP contribution in [-0.2, 0) is 4.74 Å². The Morgan fingerprint density at radius 3 is 2.48 bits per heavy atom. The van der Waals surface area contributed by atoms with Crippen molar-refractivity contribution in [3.05, 3.63) is 53.7 Å². The van der Waals surface area contributed by atoms with Gasteiger partial charge in [0.05, 0.1) is 24.6 Å². The van der Waals surface area contributed by atoms with Crippen LogP contribution < -0.4 is 0 Å². The predicted molar refractivity (Wildman–Crippen MR) is 117 cm³/mol. The molecule has 0 bridgehead atoms. The summed E-state index contributed by atoms with van der Waals surface area (Å²) >= 11 is 0. The first kappa shape index (κ1) is 20.0. The third kappa shape index (κ3) is 4.06. The SMILES string of the molecule is CCC#CN1C(c2ccccc2)=C(N2CCOCC2)C(N2CC=CCC2)N1CC. The number of ether oxygens (including phenoxy) is 1. The van der Waals surface area contributed by atoms with Crippen molar-refractivity contribution in [3.8, 4) is 12.0 Å². The Kier molecular flexibility index (Phi) is 6.56. The molecular weight excluding hydrogens is 360 g/mol. The topological polar surface area (TPSA) is 22.2 Å². The first-order valence-corrected chi connectivity index (χ1v) is 10.9. The minimum absolute atomic E-state index is 0.199. The van der Waals surface area contributed by atoms with Crippen molar-refractivity contribution < 1.29 is 4.74 Å². The number of hydrogen-bond donors (Lipinski definition) is 0. The molecule has 0 amide bonds. The smallest absolute Gasteiger partial charge is 0.125 e. The summed E-state index contributed by atoms with van der Waals surface area (Å²) in [6, 6.07) is 14.2. The van der Waals surface area contributed by atoms with E-state index >= 15 is 0 Å². The molecule has 5 heteroatoms. The molecule has 3 heterocycles. The van der Waals surface area contributed by atoms with E-state index in [1.165, 1.54) is 17.0 Å². The van der Waals surface area contributed by atoms with Crippen LogP contribution in [0.15, 0.2) is 48.2 Å². The number of benzene rings is 1. The van der Waals surface area contributed by atoms with Gasteiger partial charge in [0, 0.05) is 50.8 Å². The Hall–Kier alpha value is -2.26. The van der Waals surface area contributed by atoms with Crippen molar-refractivity contribution in [1.82, 2.24) is 19.8 Å². The second kappa shape index (κ2) is 9.49. The first-order valence-electron chi connectivity index (χ1n) is 10.9. The fourth-order valence-corrected chi connectivity index (χ4v) is 4.42. The highest BCUT2D eigenvalue weighted by Crippen LogP contribution is 2.39. The molecule has 154 valence electrons. The molecule has 0 spiro atoms. The summed E-state index contributed by atoms with van der Waals surface area (Å²) in [4.78, 5) is 5.12. The normalized spacial score (nSPS) is 23.4. The van der Waals surface area contributed by atoms with Crippen LogP contribution >= 0.6 is 0 Å². The van der Waals surface area contributed by atoms with Crippen molar-refractivity contribution in [2.75, 3.05) is 45.9 Å². The molecule has 0 aromatic heterocycles. The van der Waals surface area contributed by atoms with Gasteiger partial charge in [-0.2, -0.15) is 5.01 Å². The van der Waals surface area contributed by atoms with E-state index in [9.17, 15) is 0 Å². The lowest BCUT2D eigenvalue weighted by Gasteiger charge is -2.41. The lowest BCUT2D eigenvalue weighted by molar-refractivity contribution is -0.0202. The third-order valence-electron chi connectivity index (χ3n) is 5.76. The van der Waals surface area contributed by atoms with E-state index in [0.29, 0.717) is 0 Å². The maximum absolute atomic E-state index is 5.68. The Bertz CT molecular complexity index is 801. The van der Waals surface area contributed by atoms with Gasteiger partial charge in [0.2, 0.25) is 0 Å². The van der Waals surface area contributed by atoms with Crippen LogP contribution in [0.3, 0.4) is 0 Å². The van der Waals surface area contributed by atoms with Gasteiger partial charge in [-0.25, -0.2) is 5.01 Å². The van der Waals surface area contributed by atoms with Gasteiger partial charge in [0.25, 0.3) is 0 Å². The lowest BCUT2D eigenvalue weighted by atomic mass is 10.1. The summed E-state index contributed by atoms with van der Waals surface area (Å²) in [5.41, 5.74) is 3.84. The van der Waals surface area contributed by atoms with Gasteiger partial charge >= 0.3 is 0 Å². The van der Waals surface area contributed by atoms with E-state index in [1.54, 1.807) is 0 Å². The predicted octanol–water partition coefficient (Wildman–Crippen LogP) is 3.20. The molecule has 5 nitrogen and oxygen atoms in total. The zero-order valence-corrected chi connectivity index (χ0v) is 17.7. The fraction of sp³-hybridized carbons (Fsp3) is 0.500. The van der Waals surface area contributed by atoms with Crippen LogP contribution in [0.2, 0.25) is 0 Å². The summed E-state index contributed by atoms with van der Waals surface area (Å²) in [6.07, 6.45) is 6.75. The van der Waals surface area contributed by atoms with Gasteiger partial charge in [-0.1, -0.05) is 62.3 Å². The Morgan fingerprint density at radius 2 is 1.83 bits per heavy atom. The molecule has 3 aliphatic heterocycles. The molecule has 1 fully saturated rings. The van der Waals surface area contributed by atoms with Crippen LogP contribution in [0.5, 0.6) is 0 Å². The highest BCUT2D eigenvalue weighted by molar-refractivity contribution is 5.71. The van der Waals surface area contributed by atoms with Gasteiger partial charge in [-0.3, -0.25) is 4.90 Å². The lowest BCUT2D eigenvalue weighted by Crippen LogP contribution is -2.53. The summed E-state index contributed by atoms with van der Waals surface area (Å²) in [5.74, 6) is 3.33. The summed E-state index contributed by atoms with van der Waals surface area (Å²) < 4.78 is 5.68. The third-order valence-corrected chi connectivity index (χ3v) is 5.76. The van der Waals surface area contributed by atoms with Crippen LogP contribution in [0, 0.1) is 12.0 Å². The molecule has 1 aromatic rings. The molecule has 0 aliphatic carbocycles. The van der Waals surface area contributed by atoms with Crippen LogP contribution in [0.4, 0.5) is 0 Å². The molecule has 1 atom stereocenters. The average molecular weight is 393 g/mol. The van der Waals surface area contributed by atoms with Crippen LogP contribution in [0.25, 0.3) is 5.70 Å². The number of morpholine rings is 1. The first-order chi connectivity index (χ1) is 14.3. The summed E-state index contributed by atoms with van der Waals surface area (Å²) in [7, 11) is 0. The maximum atomic E-state index is 5.68. The zero-order valence-electron chi connectivity index (χ0n) is 17.7. The minimum atomic E-state index is 0.199. The number of hydrazine groups is 1. The zero-order chi connectivity index (χ0) is 20.1. The molecule has 29 heavy (non-hydrogen) atoms. The second-order valence-electron chi connectivity index (χ2n) is 7.54. The average Bonchev–Trinajstić information content (AvgIpc) is 3.13. The Labute approximate surface area is 175 Å². The number of nitrogens with zero attached hydrogens (tertiary/aromatic N) is 4. The Morgan fingerprint density at radius 1 is 1.03 bits per heavy atom. The monoisotopic (exact) mass is 392 g/mol. The van der Waals surface area contributed by atoms with Crippen molar-refractivity contribution in [2.45, 2.75) is 32.9 Å². The molecule has 4 rings (SSSR count). The minimum Gasteiger partial charge on any atom is -0.378 e. The van der Waals surface area contributed by atoms with Gasteiger partial charge in [0.1, 0.15) is 6.17 Å². The van der Waals surface area contributed by atoms with E-state index in [2.05, 4.69) is 88.1 Å². The molecule has 0 N–H and O–H groups in total. The van der Waals surface area contributed by atoms with Gasteiger partial charge < -0.3 is 9.64 Å². The molecular formula is C24H32N4O. The maximum Gasteiger partial charge on any atom is 0.125 e. The standard InChI is InChI=1S/C24H32N4O/c1-3-5-16-28-22(21-12-8-6-9-13-21)23(25-17-19-29-20-18-25)24(27(28)4-2)26-14-10-7-11-15-26/h6-10,12-13,24H,3-4,11,14-15,17-20H2,1-2H3. The van der Waals surface area contributed by atoms with E-state index < -0.39 is 0 Å². The van der Waals surface area contributed by atoms with Crippen molar-refractivity contribution in [2.24, 2.45) is 0 Å². The highest BCUT2D eigenvalue weighted by atomic mass is 16.5. The van der Waals surface area contributed by atoms with Gasteiger partial charge in [-0.15, -0.1) is 0 Å². The van der Waals surface area contributed by atoms with E-state index in [1.807, 2.05) is 0 Å². The van der Waals surface area contributed by atoms with Crippen LogP contribution in [0.1, 0.15) is 32.3 Å². The van der Waals surface area contributed by atoms with Crippen molar-refractivity contribution >= 4 is 5.70 Å². The molecule has 3 aliphatic rings. The largest absolute Gasteiger partial charge is 0.378 e. The molecule has 1 saturated heterocycles. The molecule has 0 radical (unpaired) electrons. The van der Waals surface area contributed by atoms with Gasteiger partial charge in [0.15, 0.2) is 0 Å². The van der Waals surface area contributed by atoms with Crippen molar-refractivity contribution in [1.29, 1.82) is 0 Å². The Balaban J connectivity index is 1.87. The quantitative estimate of drug-likeness (QED) is 0.578. The number of likely N-dealkylation sites (N-methyl/N-ethyl adjacent to an activating group) is 1. The number of hydrogen-bond acceptors (Lipinski definition) is 5. The fourth-order valence-electron chi connectivity index (χ4n) is 4.42. The van der Waals surface area contributed by atoms with Crippen LogP contribution in [-0.4, -0.2) is 71.9 Å². The molecule has 1 aromatic carbocycles. The molecule has 0 saturated carbocycles. The van der Waals surface area contributed by atoms with E-state index in [0.717, 1.165) is 58.8 Å². The van der Waals surface area contributed by atoms with Crippen molar-refractivity contribution in [3.63, 3.8) is 0 Å². The van der Waals surface area contributed by atoms with E-state index in [-0.39, 0.29) is 6.17 Å².